The first-order valence-electron chi connectivity index (χ1n) is 6.15. The first kappa shape index (κ1) is 13.5. The van der Waals surface area contributed by atoms with Gasteiger partial charge in [-0.2, -0.15) is 5.26 Å². The number of hydrogen-bond acceptors (Lipinski definition) is 1. The lowest BCUT2D eigenvalue weighted by molar-refractivity contribution is 0.367. The topological polar surface area (TPSA) is 23.8 Å². The van der Waals surface area contributed by atoms with Gasteiger partial charge in [-0.15, -0.1) is 0 Å². The highest BCUT2D eigenvalue weighted by atomic mass is 14.3. The maximum absolute atomic E-state index is 9.03. The standard InChI is InChI=1S/C13H25N/c1-4-6-8-9-12(3)13(11-14)10-7-5-2/h12-13H,4-10H2,1-3H3. The lowest BCUT2D eigenvalue weighted by Crippen LogP contribution is -2.09. The molecule has 82 valence electrons. The van der Waals surface area contributed by atoms with Crippen LogP contribution in [0.15, 0.2) is 0 Å². The van der Waals surface area contributed by atoms with Gasteiger partial charge in [0.2, 0.25) is 0 Å². The minimum atomic E-state index is 0.298. The van der Waals surface area contributed by atoms with Crippen LogP contribution in [0.4, 0.5) is 0 Å². The molecule has 0 aromatic carbocycles. The van der Waals surface area contributed by atoms with Gasteiger partial charge in [-0.05, 0) is 18.8 Å². The van der Waals surface area contributed by atoms with Gasteiger partial charge in [-0.3, -0.25) is 0 Å². The Morgan fingerprint density at radius 2 is 1.64 bits per heavy atom. The molecule has 2 unspecified atom stereocenters. The number of hydrogen-bond donors (Lipinski definition) is 0. The van der Waals surface area contributed by atoms with Crippen LogP contribution in [0, 0.1) is 23.2 Å². The molecular weight excluding hydrogens is 170 g/mol. The van der Waals surface area contributed by atoms with Crippen LogP contribution in [-0.4, -0.2) is 0 Å². The van der Waals surface area contributed by atoms with Crippen LogP contribution in [-0.2, 0) is 0 Å². The van der Waals surface area contributed by atoms with E-state index in [1.54, 1.807) is 0 Å². The van der Waals surface area contributed by atoms with Gasteiger partial charge >= 0.3 is 0 Å². The average Bonchev–Trinajstić information content (AvgIpc) is 2.19. The number of nitrogens with zero attached hydrogens (tertiary/aromatic N) is 1. The molecule has 1 heteroatoms. The summed E-state index contributed by atoms with van der Waals surface area (Å²) in [7, 11) is 0. The van der Waals surface area contributed by atoms with Crippen molar-refractivity contribution in [1.82, 2.24) is 0 Å². The summed E-state index contributed by atoms with van der Waals surface area (Å²) in [5, 5.41) is 9.03. The molecule has 0 aromatic rings. The Morgan fingerprint density at radius 1 is 1.00 bits per heavy atom. The first-order valence-corrected chi connectivity index (χ1v) is 6.15. The Balaban J connectivity index is 3.69. The van der Waals surface area contributed by atoms with E-state index in [0.29, 0.717) is 11.8 Å². The van der Waals surface area contributed by atoms with Crippen molar-refractivity contribution in [3.05, 3.63) is 0 Å². The number of nitriles is 1. The van der Waals surface area contributed by atoms with E-state index in [1.807, 2.05) is 0 Å². The molecule has 2 atom stereocenters. The SMILES string of the molecule is CCCCCC(C)C(C#N)CCCC. The second kappa shape index (κ2) is 9.06. The van der Waals surface area contributed by atoms with Crippen LogP contribution in [0.25, 0.3) is 0 Å². The van der Waals surface area contributed by atoms with Crippen LogP contribution in [0.3, 0.4) is 0 Å². The highest BCUT2D eigenvalue weighted by Crippen LogP contribution is 2.22. The van der Waals surface area contributed by atoms with Crippen molar-refractivity contribution in [2.24, 2.45) is 11.8 Å². The molecule has 0 aliphatic rings. The summed E-state index contributed by atoms with van der Waals surface area (Å²) >= 11 is 0. The van der Waals surface area contributed by atoms with Crippen LogP contribution < -0.4 is 0 Å². The van der Waals surface area contributed by atoms with Crippen LogP contribution in [0.2, 0.25) is 0 Å². The summed E-state index contributed by atoms with van der Waals surface area (Å²) in [6.45, 7) is 6.65. The Hall–Kier alpha value is -0.510. The van der Waals surface area contributed by atoms with E-state index < -0.39 is 0 Å². The van der Waals surface area contributed by atoms with Crippen LogP contribution in [0.1, 0.15) is 65.7 Å². The molecule has 0 rings (SSSR count). The van der Waals surface area contributed by atoms with Crippen LogP contribution >= 0.6 is 0 Å². The average molecular weight is 195 g/mol. The van der Waals surface area contributed by atoms with Gasteiger partial charge in [-0.25, -0.2) is 0 Å². The van der Waals surface area contributed by atoms with Crippen molar-refractivity contribution >= 4 is 0 Å². The van der Waals surface area contributed by atoms with Crippen molar-refractivity contribution in [2.45, 2.75) is 65.7 Å². The largest absolute Gasteiger partial charge is 0.198 e. The van der Waals surface area contributed by atoms with Crippen molar-refractivity contribution in [1.29, 1.82) is 5.26 Å². The second-order valence-electron chi connectivity index (χ2n) is 4.35. The van der Waals surface area contributed by atoms with E-state index in [1.165, 1.54) is 38.5 Å². The highest BCUT2D eigenvalue weighted by Gasteiger charge is 2.15. The fourth-order valence-electron chi connectivity index (χ4n) is 1.82. The predicted molar refractivity (Wildman–Crippen MR) is 61.9 cm³/mol. The normalized spacial score (nSPS) is 14.7. The van der Waals surface area contributed by atoms with E-state index in [-0.39, 0.29) is 0 Å². The molecule has 14 heavy (non-hydrogen) atoms. The zero-order valence-corrected chi connectivity index (χ0v) is 10.1. The maximum Gasteiger partial charge on any atom is 0.0658 e. The fourth-order valence-corrected chi connectivity index (χ4v) is 1.82. The summed E-state index contributed by atoms with van der Waals surface area (Å²) in [5.41, 5.74) is 0. The third kappa shape index (κ3) is 6.02. The molecule has 0 spiro atoms. The minimum absolute atomic E-state index is 0.298. The zero-order valence-electron chi connectivity index (χ0n) is 10.1. The van der Waals surface area contributed by atoms with Gasteiger partial charge in [-0.1, -0.05) is 52.9 Å². The smallest absolute Gasteiger partial charge is 0.0658 e. The van der Waals surface area contributed by atoms with E-state index in [4.69, 9.17) is 5.26 Å². The van der Waals surface area contributed by atoms with Gasteiger partial charge in [0.25, 0.3) is 0 Å². The molecule has 0 aliphatic heterocycles. The van der Waals surface area contributed by atoms with Crippen LogP contribution in [0.5, 0.6) is 0 Å². The lowest BCUT2D eigenvalue weighted by atomic mass is 9.87. The predicted octanol–water partition coefficient (Wildman–Crippen LogP) is 4.53. The first-order chi connectivity index (χ1) is 6.76. The van der Waals surface area contributed by atoms with Crippen molar-refractivity contribution < 1.29 is 0 Å². The van der Waals surface area contributed by atoms with E-state index in [0.717, 1.165) is 6.42 Å². The Kier molecular flexibility index (Phi) is 8.73. The van der Waals surface area contributed by atoms with E-state index in [9.17, 15) is 0 Å². The molecule has 0 saturated carbocycles. The third-order valence-electron chi connectivity index (χ3n) is 2.98. The van der Waals surface area contributed by atoms with Crippen molar-refractivity contribution in [3.63, 3.8) is 0 Å². The molecule has 0 N–H and O–H groups in total. The monoisotopic (exact) mass is 195 g/mol. The molecule has 0 fully saturated rings. The molecule has 1 nitrogen and oxygen atoms in total. The quantitative estimate of drug-likeness (QED) is 0.522. The van der Waals surface area contributed by atoms with E-state index in [2.05, 4.69) is 26.8 Å². The van der Waals surface area contributed by atoms with Gasteiger partial charge in [0.15, 0.2) is 0 Å². The van der Waals surface area contributed by atoms with Gasteiger partial charge in [0.05, 0.1) is 6.07 Å². The number of rotatable bonds is 8. The summed E-state index contributed by atoms with van der Waals surface area (Å²) < 4.78 is 0. The fraction of sp³-hybridized carbons (Fsp3) is 0.923. The van der Waals surface area contributed by atoms with Crippen molar-refractivity contribution in [2.75, 3.05) is 0 Å². The molecule has 0 aliphatic carbocycles. The maximum atomic E-state index is 9.03. The lowest BCUT2D eigenvalue weighted by Gasteiger charge is -2.16. The Labute approximate surface area is 89.5 Å². The minimum Gasteiger partial charge on any atom is -0.198 e. The molecule has 0 amide bonds. The Morgan fingerprint density at radius 3 is 2.14 bits per heavy atom. The summed E-state index contributed by atoms with van der Waals surface area (Å²) in [6.07, 6.45) is 8.63. The molecule has 0 saturated heterocycles. The summed E-state index contributed by atoms with van der Waals surface area (Å²) in [5.74, 6) is 0.893. The molecular formula is C13H25N. The van der Waals surface area contributed by atoms with Gasteiger partial charge in [0, 0.05) is 5.92 Å². The summed E-state index contributed by atoms with van der Waals surface area (Å²) in [6, 6.07) is 2.46. The van der Waals surface area contributed by atoms with E-state index >= 15 is 0 Å². The molecule has 0 bridgehead atoms. The van der Waals surface area contributed by atoms with Gasteiger partial charge in [0.1, 0.15) is 0 Å². The van der Waals surface area contributed by atoms with Crippen molar-refractivity contribution in [3.8, 4) is 6.07 Å². The third-order valence-corrected chi connectivity index (χ3v) is 2.98. The summed E-state index contributed by atoms with van der Waals surface area (Å²) in [4.78, 5) is 0. The number of unbranched alkanes of at least 4 members (excludes halogenated alkanes) is 3. The molecule has 0 radical (unpaired) electrons. The molecule has 0 heterocycles. The second-order valence-corrected chi connectivity index (χ2v) is 4.35. The molecule has 0 aromatic heterocycles. The Bertz CT molecular complexity index is 157. The zero-order chi connectivity index (χ0) is 10.8. The van der Waals surface area contributed by atoms with Gasteiger partial charge < -0.3 is 0 Å². The highest BCUT2D eigenvalue weighted by molar-refractivity contribution is 4.86.